The summed E-state index contributed by atoms with van der Waals surface area (Å²) in [6, 6.07) is 51.2. The van der Waals surface area contributed by atoms with Crippen LogP contribution < -0.4 is 0 Å². The van der Waals surface area contributed by atoms with E-state index >= 15 is 0 Å². The Kier molecular flexibility index (Phi) is 6.52. The monoisotopic (exact) mass is 536 g/mol. The van der Waals surface area contributed by atoms with E-state index in [2.05, 4.69) is 66.7 Å². The molecule has 0 bridgehead atoms. The van der Waals surface area contributed by atoms with Crippen molar-refractivity contribution in [3.63, 3.8) is 0 Å². The van der Waals surface area contributed by atoms with Crippen molar-refractivity contribution in [2.75, 3.05) is 0 Å². The first kappa shape index (κ1) is 25.1. The normalized spacial score (nSPS) is 10.8. The Morgan fingerprint density at radius 3 is 1.36 bits per heavy atom. The van der Waals surface area contributed by atoms with E-state index in [0.717, 1.165) is 49.7 Å². The highest BCUT2D eigenvalue weighted by molar-refractivity contribution is 6.03. The summed E-state index contributed by atoms with van der Waals surface area (Å²) in [5.74, 6) is 1.93. The maximum atomic E-state index is 9.11. The van der Waals surface area contributed by atoms with Gasteiger partial charge >= 0.3 is 0 Å². The Hall–Kier alpha value is -5.92. The maximum Gasteiger partial charge on any atom is 0.164 e. The van der Waals surface area contributed by atoms with E-state index in [1.54, 1.807) is 0 Å². The van der Waals surface area contributed by atoms with E-state index in [0.29, 0.717) is 23.0 Å². The van der Waals surface area contributed by atoms with Crippen molar-refractivity contribution in [2.45, 2.75) is 0 Å². The number of hydrogen-bond acceptors (Lipinski definition) is 4. The van der Waals surface area contributed by atoms with Gasteiger partial charge in [0.2, 0.25) is 0 Å². The summed E-state index contributed by atoms with van der Waals surface area (Å²) in [5.41, 5.74) is 7.97. The highest BCUT2D eigenvalue weighted by Crippen LogP contribution is 2.35. The lowest BCUT2D eigenvalue weighted by molar-refractivity contribution is 1.08. The largest absolute Gasteiger partial charge is 0.208 e. The van der Waals surface area contributed by atoms with Gasteiger partial charge in [-0.2, -0.15) is 5.26 Å². The molecule has 42 heavy (non-hydrogen) atoms. The van der Waals surface area contributed by atoms with E-state index in [4.69, 9.17) is 20.2 Å². The van der Waals surface area contributed by atoms with Crippen molar-refractivity contribution >= 4 is 10.8 Å². The van der Waals surface area contributed by atoms with Crippen LogP contribution in [0.1, 0.15) is 5.56 Å². The van der Waals surface area contributed by atoms with Crippen LogP contribution in [-0.4, -0.2) is 15.0 Å². The fraction of sp³-hybridized carbons (Fsp3) is 0. The van der Waals surface area contributed by atoms with Gasteiger partial charge in [0.1, 0.15) is 0 Å². The van der Waals surface area contributed by atoms with Crippen LogP contribution in [-0.2, 0) is 0 Å². The minimum Gasteiger partial charge on any atom is -0.208 e. The first-order chi connectivity index (χ1) is 20.8. The van der Waals surface area contributed by atoms with Crippen LogP contribution in [0.5, 0.6) is 0 Å². The molecule has 7 rings (SSSR count). The van der Waals surface area contributed by atoms with Crippen LogP contribution in [0.4, 0.5) is 0 Å². The van der Waals surface area contributed by atoms with Crippen molar-refractivity contribution < 1.29 is 0 Å². The lowest BCUT2D eigenvalue weighted by atomic mass is 9.94. The summed E-state index contributed by atoms with van der Waals surface area (Å²) in [6.07, 6.45) is 0. The SMILES string of the molecule is N#Cc1ccc(-c2ccc(-c3cccc4c(-c5nc(-c6ccccc6)nc(-c6ccccc6)n5)cccc34)cc2)cc1. The van der Waals surface area contributed by atoms with Crippen LogP contribution in [0.3, 0.4) is 0 Å². The third kappa shape index (κ3) is 4.81. The van der Waals surface area contributed by atoms with Gasteiger partial charge in [-0.3, -0.25) is 0 Å². The predicted molar refractivity (Wildman–Crippen MR) is 169 cm³/mol. The lowest BCUT2D eigenvalue weighted by Crippen LogP contribution is -2.00. The van der Waals surface area contributed by atoms with Gasteiger partial charge in [-0.05, 0) is 45.2 Å². The molecule has 0 spiro atoms. The zero-order chi connectivity index (χ0) is 28.3. The molecule has 7 aromatic rings. The van der Waals surface area contributed by atoms with Crippen molar-refractivity contribution in [1.82, 2.24) is 15.0 Å². The standard InChI is InChI=1S/C38H24N4/c39-25-26-17-19-27(20-18-26)28-21-23-29(24-22-28)32-13-7-15-34-33(32)14-8-16-35(34)38-41-36(30-9-3-1-4-10-30)40-37(42-38)31-11-5-2-6-12-31/h1-24H. The van der Waals surface area contributed by atoms with Gasteiger partial charge in [0.15, 0.2) is 17.5 Å². The highest BCUT2D eigenvalue weighted by atomic mass is 15.0. The van der Waals surface area contributed by atoms with Gasteiger partial charge in [-0.15, -0.1) is 0 Å². The summed E-state index contributed by atoms with van der Waals surface area (Å²) < 4.78 is 0. The van der Waals surface area contributed by atoms with Crippen LogP contribution in [0.15, 0.2) is 146 Å². The Labute approximate surface area is 244 Å². The molecule has 6 aromatic carbocycles. The fourth-order valence-corrected chi connectivity index (χ4v) is 5.27. The molecule has 4 heteroatoms. The Morgan fingerprint density at radius 1 is 0.357 bits per heavy atom. The number of rotatable bonds is 5. The van der Waals surface area contributed by atoms with Crippen molar-refractivity contribution in [3.8, 4) is 62.5 Å². The molecule has 0 N–H and O–H groups in total. The second-order valence-corrected chi connectivity index (χ2v) is 10.0. The van der Waals surface area contributed by atoms with Gasteiger partial charge in [0.25, 0.3) is 0 Å². The molecule has 0 amide bonds. The quantitative estimate of drug-likeness (QED) is 0.220. The fourth-order valence-electron chi connectivity index (χ4n) is 5.27. The number of aromatic nitrogens is 3. The summed E-state index contributed by atoms with van der Waals surface area (Å²) in [4.78, 5) is 14.8. The molecule has 0 atom stereocenters. The molecule has 0 aliphatic heterocycles. The Balaban J connectivity index is 1.34. The average Bonchev–Trinajstić information content (AvgIpc) is 3.08. The van der Waals surface area contributed by atoms with Gasteiger partial charge in [0.05, 0.1) is 11.6 Å². The number of nitrogens with zero attached hydrogens (tertiary/aromatic N) is 4. The molecule has 1 heterocycles. The van der Waals surface area contributed by atoms with Crippen LogP contribution in [0.25, 0.3) is 67.2 Å². The topological polar surface area (TPSA) is 62.5 Å². The van der Waals surface area contributed by atoms with Crippen LogP contribution >= 0.6 is 0 Å². The molecule has 0 saturated carbocycles. The molecule has 196 valence electrons. The molecule has 0 aliphatic rings. The summed E-state index contributed by atoms with van der Waals surface area (Å²) in [6.45, 7) is 0. The molecule has 1 aromatic heterocycles. The van der Waals surface area contributed by atoms with Gasteiger partial charge in [-0.1, -0.05) is 133 Å². The van der Waals surface area contributed by atoms with Gasteiger partial charge < -0.3 is 0 Å². The average molecular weight is 537 g/mol. The molecule has 0 aliphatic carbocycles. The first-order valence-corrected chi connectivity index (χ1v) is 13.8. The smallest absolute Gasteiger partial charge is 0.164 e. The Morgan fingerprint density at radius 2 is 0.810 bits per heavy atom. The summed E-state index contributed by atoms with van der Waals surface area (Å²) in [5, 5.41) is 11.3. The van der Waals surface area contributed by atoms with E-state index < -0.39 is 0 Å². The summed E-state index contributed by atoms with van der Waals surface area (Å²) in [7, 11) is 0. The minimum absolute atomic E-state index is 0.640. The molecular weight excluding hydrogens is 512 g/mol. The molecule has 4 nitrogen and oxygen atoms in total. The first-order valence-electron chi connectivity index (χ1n) is 13.8. The lowest BCUT2D eigenvalue weighted by Gasteiger charge is -2.13. The number of fused-ring (bicyclic) bond motifs is 1. The van der Waals surface area contributed by atoms with E-state index in [9.17, 15) is 0 Å². The summed E-state index contributed by atoms with van der Waals surface area (Å²) >= 11 is 0. The molecule has 0 saturated heterocycles. The van der Waals surface area contributed by atoms with E-state index in [1.165, 1.54) is 0 Å². The second kappa shape index (κ2) is 10.9. The molecule has 0 fully saturated rings. The molecule has 0 unspecified atom stereocenters. The van der Waals surface area contributed by atoms with Gasteiger partial charge in [0, 0.05) is 16.7 Å². The zero-order valence-corrected chi connectivity index (χ0v) is 22.6. The minimum atomic E-state index is 0.640. The van der Waals surface area contributed by atoms with E-state index in [1.807, 2.05) is 84.9 Å². The van der Waals surface area contributed by atoms with Crippen LogP contribution in [0, 0.1) is 11.3 Å². The maximum absolute atomic E-state index is 9.11. The number of nitriles is 1. The number of benzene rings is 6. The third-order valence-electron chi connectivity index (χ3n) is 7.41. The number of hydrogen-bond donors (Lipinski definition) is 0. The third-order valence-corrected chi connectivity index (χ3v) is 7.41. The van der Waals surface area contributed by atoms with Crippen molar-refractivity contribution in [2.24, 2.45) is 0 Å². The zero-order valence-electron chi connectivity index (χ0n) is 22.6. The molecule has 0 radical (unpaired) electrons. The van der Waals surface area contributed by atoms with Gasteiger partial charge in [-0.25, -0.2) is 15.0 Å². The second-order valence-electron chi connectivity index (χ2n) is 10.0. The van der Waals surface area contributed by atoms with Crippen molar-refractivity contribution in [1.29, 1.82) is 5.26 Å². The highest BCUT2D eigenvalue weighted by Gasteiger charge is 2.15. The van der Waals surface area contributed by atoms with E-state index in [-0.39, 0.29) is 0 Å². The predicted octanol–water partition coefficient (Wildman–Crippen LogP) is 9.23. The molecular formula is C38H24N4. The van der Waals surface area contributed by atoms with Crippen molar-refractivity contribution in [3.05, 3.63) is 151 Å². The van der Waals surface area contributed by atoms with Crippen LogP contribution in [0.2, 0.25) is 0 Å². The Bertz CT molecular complexity index is 2000.